The molecule has 152 valence electrons. The summed E-state index contributed by atoms with van der Waals surface area (Å²) < 4.78 is 16.9. The van der Waals surface area contributed by atoms with Gasteiger partial charge in [0, 0.05) is 9.85 Å². The number of hydrogen-bond acceptors (Lipinski definition) is 7. The minimum atomic E-state index is -0.449. The van der Waals surface area contributed by atoms with Crippen molar-refractivity contribution in [2.45, 2.75) is 20.0 Å². The summed E-state index contributed by atoms with van der Waals surface area (Å²) in [4.78, 5) is 28.0. The highest BCUT2D eigenvalue weighted by Gasteiger charge is 2.15. The minimum Gasteiger partial charge on any atom is -0.484 e. The van der Waals surface area contributed by atoms with E-state index in [1.807, 2.05) is 6.07 Å². The lowest BCUT2D eigenvalue weighted by atomic mass is 10.3. The van der Waals surface area contributed by atoms with E-state index >= 15 is 0 Å². The molecule has 1 N–H and O–H groups in total. The molecule has 0 bridgehead atoms. The lowest BCUT2D eigenvalue weighted by molar-refractivity contribution is -0.142. The van der Waals surface area contributed by atoms with E-state index in [0.29, 0.717) is 34.0 Å². The van der Waals surface area contributed by atoms with Crippen molar-refractivity contribution in [2.75, 3.05) is 11.9 Å². The second kappa shape index (κ2) is 9.91. The highest BCUT2D eigenvalue weighted by Crippen LogP contribution is 2.28. The first-order chi connectivity index (χ1) is 13.9. The summed E-state index contributed by atoms with van der Waals surface area (Å²) in [5.74, 6) is 0.283. The van der Waals surface area contributed by atoms with Crippen molar-refractivity contribution in [2.24, 2.45) is 0 Å². The van der Waals surface area contributed by atoms with Crippen LogP contribution < -0.4 is 10.1 Å². The van der Waals surface area contributed by atoms with Gasteiger partial charge in [-0.25, -0.2) is 4.98 Å². The molecule has 2 heterocycles. The third-order valence-electron chi connectivity index (χ3n) is 3.55. The molecule has 1 aromatic carbocycles. The number of halogens is 2. The van der Waals surface area contributed by atoms with Gasteiger partial charge < -0.3 is 13.9 Å². The van der Waals surface area contributed by atoms with Crippen molar-refractivity contribution in [3.8, 4) is 5.75 Å². The Bertz CT molecular complexity index is 1020. The maximum Gasteiger partial charge on any atom is 0.311 e. The molecule has 0 spiro atoms. The molecule has 0 aliphatic heterocycles. The zero-order valence-corrected chi connectivity index (χ0v) is 18.4. The summed E-state index contributed by atoms with van der Waals surface area (Å²) in [5.41, 5.74) is 0.531. The number of aromatic nitrogens is 1. The van der Waals surface area contributed by atoms with Crippen LogP contribution in [0.4, 0.5) is 5.13 Å². The van der Waals surface area contributed by atoms with Crippen molar-refractivity contribution in [1.29, 1.82) is 0 Å². The maximum atomic E-state index is 12.3. The Morgan fingerprint density at radius 3 is 2.90 bits per heavy atom. The Morgan fingerprint density at radius 1 is 1.31 bits per heavy atom. The molecule has 0 radical (unpaired) electrons. The van der Waals surface area contributed by atoms with Crippen LogP contribution in [0.15, 0.2) is 44.6 Å². The second-order valence-corrected chi connectivity index (χ2v) is 7.89. The maximum absolute atomic E-state index is 12.3. The van der Waals surface area contributed by atoms with Gasteiger partial charge >= 0.3 is 5.97 Å². The summed E-state index contributed by atoms with van der Waals surface area (Å²) in [5, 5.41) is 5.16. The number of rotatable bonds is 8. The average molecular weight is 500 g/mol. The first-order valence-electron chi connectivity index (χ1n) is 8.52. The molecular formula is C19H16BrClN2O5S. The van der Waals surface area contributed by atoms with Gasteiger partial charge in [0.25, 0.3) is 5.91 Å². The third-order valence-corrected chi connectivity index (χ3v) is 5.15. The Hall–Kier alpha value is -2.36. The molecule has 1 amide bonds. The number of nitrogens with one attached hydrogen (secondary N) is 1. The Labute approximate surface area is 184 Å². The van der Waals surface area contributed by atoms with Crippen LogP contribution in [0.3, 0.4) is 0 Å². The molecule has 0 saturated heterocycles. The standard InChI is InChI=1S/C19H16BrClN2O5S/c1-2-26-17(24)8-12-10-29-19(22-12)23-18(25)16-6-4-13(28-16)9-27-15-5-3-11(20)7-14(15)21/h3-7,10H,2,8-9H2,1H3,(H,22,23,25). The number of carbonyl (C=O) groups is 2. The quantitative estimate of drug-likeness (QED) is 0.434. The first kappa shape index (κ1) is 21.4. The number of thiazole rings is 1. The van der Waals surface area contributed by atoms with Gasteiger partial charge in [0.2, 0.25) is 0 Å². The van der Waals surface area contributed by atoms with Crippen molar-refractivity contribution in [1.82, 2.24) is 4.98 Å². The number of furan rings is 1. The minimum absolute atomic E-state index is 0.0566. The number of carbonyl (C=O) groups excluding carboxylic acids is 2. The van der Waals surface area contributed by atoms with Crippen LogP contribution in [0.25, 0.3) is 0 Å². The van der Waals surface area contributed by atoms with Gasteiger partial charge in [-0.2, -0.15) is 0 Å². The first-order valence-corrected chi connectivity index (χ1v) is 10.6. The fourth-order valence-corrected chi connectivity index (χ4v) is 3.72. The Balaban J connectivity index is 1.55. The van der Waals surface area contributed by atoms with Crippen LogP contribution in [0.1, 0.15) is 28.9 Å². The van der Waals surface area contributed by atoms with Crippen LogP contribution in [0, 0.1) is 0 Å². The molecule has 0 aliphatic rings. The fraction of sp³-hybridized carbons (Fsp3) is 0.211. The SMILES string of the molecule is CCOC(=O)Cc1csc(NC(=O)c2ccc(COc3ccc(Br)cc3Cl)o2)n1. The molecule has 0 atom stereocenters. The van der Waals surface area contributed by atoms with E-state index in [0.717, 1.165) is 4.47 Å². The van der Waals surface area contributed by atoms with E-state index in [9.17, 15) is 9.59 Å². The molecule has 0 unspecified atom stereocenters. The van der Waals surface area contributed by atoms with Crippen molar-refractivity contribution >= 4 is 55.9 Å². The lowest BCUT2D eigenvalue weighted by Crippen LogP contribution is -2.11. The topological polar surface area (TPSA) is 90.7 Å². The lowest BCUT2D eigenvalue weighted by Gasteiger charge is -2.06. The molecule has 0 aliphatic carbocycles. The molecule has 3 aromatic rings. The highest BCUT2D eigenvalue weighted by atomic mass is 79.9. The number of nitrogens with zero attached hydrogens (tertiary/aromatic N) is 1. The average Bonchev–Trinajstić information content (AvgIpc) is 3.31. The smallest absolute Gasteiger partial charge is 0.311 e. The van der Waals surface area contributed by atoms with Crippen molar-refractivity contribution < 1.29 is 23.5 Å². The summed E-state index contributed by atoms with van der Waals surface area (Å²) in [7, 11) is 0. The van der Waals surface area contributed by atoms with Gasteiger partial charge in [-0.1, -0.05) is 27.5 Å². The van der Waals surface area contributed by atoms with E-state index < -0.39 is 5.91 Å². The van der Waals surface area contributed by atoms with Crippen LogP contribution in [0.2, 0.25) is 5.02 Å². The molecule has 10 heteroatoms. The predicted molar refractivity (Wildman–Crippen MR) is 113 cm³/mol. The zero-order chi connectivity index (χ0) is 20.8. The van der Waals surface area contributed by atoms with Gasteiger partial charge in [-0.3, -0.25) is 14.9 Å². The number of amides is 1. The van der Waals surface area contributed by atoms with E-state index in [1.165, 1.54) is 11.3 Å². The number of esters is 1. The number of anilines is 1. The Morgan fingerprint density at radius 2 is 2.14 bits per heavy atom. The van der Waals surface area contributed by atoms with E-state index in [1.54, 1.807) is 36.6 Å². The fourth-order valence-electron chi connectivity index (χ4n) is 2.28. The molecule has 29 heavy (non-hydrogen) atoms. The van der Waals surface area contributed by atoms with Crippen molar-refractivity contribution in [3.63, 3.8) is 0 Å². The third kappa shape index (κ3) is 6.06. The van der Waals surface area contributed by atoms with E-state index in [4.69, 9.17) is 25.5 Å². The molecule has 2 aromatic heterocycles. The largest absolute Gasteiger partial charge is 0.484 e. The van der Waals surface area contributed by atoms with Crippen LogP contribution >= 0.6 is 38.9 Å². The van der Waals surface area contributed by atoms with Crippen LogP contribution in [-0.2, 0) is 22.6 Å². The Kier molecular flexibility index (Phi) is 7.29. The number of benzene rings is 1. The highest BCUT2D eigenvalue weighted by molar-refractivity contribution is 9.10. The molecule has 3 rings (SSSR count). The molecule has 0 saturated carbocycles. The molecule has 7 nitrogen and oxygen atoms in total. The van der Waals surface area contributed by atoms with Gasteiger partial charge in [0.15, 0.2) is 10.9 Å². The normalized spacial score (nSPS) is 10.6. The predicted octanol–water partition coefficient (Wildman–Crippen LogP) is 5.09. The monoisotopic (exact) mass is 498 g/mol. The van der Waals surface area contributed by atoms with Gasteiger partial charge in [-0.05, 0) is 37.3 Å². The summed E-state index contributed by atoms with van der Waals surface area (Å²) in [6.07, 6.45) is 0.0566. The number of ether oxygens (including phenoxy) is 2. The molecular weight excluding hydrogens is 484 g/mol. The zero-order valence-electron chi connectivity index (χ0n) is 15.2. The summed E-state index contributed by atoms with van der Waals surface area (Å²) >= 11 is 10.7. The van der Waals surface area contributed by atoms with Gasteiger partial charge in [-0.15, -0.1) is 11.3 Å². The van der Waals surface area contributed by atoms with Crippen LogP contribution in [-0.4, -0.2) is 23.5 Å². The number of hydrogen-bond donors (Lipinski definition) is 1. The molecule has 0 fully saturated rings. The summed E-state index contributed by atoms with van der Waals surface area (Å²) in [6.45, 7) is 2.17. The van der Waals surface area contributed by atoms with Crippen LogP contribution in [0.5, 0.6) is 5.75 Å². The summed E-state index contributed by atoms with van der Waals surface area (Å²) in [6, 6.07) is 8.47. The van der Waals surface area contributed by atoms with Gasteiger partial charge in [0.1, 0.15) is 18.1 Å². The van der Waals surface area contributed by atoms with Crippen molar-refractivity contribution in [3.05, 3.63) is 62.4 Å². The second-order valence-electron chi connectivity index (χ2n) is 5.71. The van der Waals surface area contributed by atoms with Gasteiger partial charge in [0.05, 0.1) is 23.7 Å². The van der Waals surface area contributed by atoms with E-state index in [-0.39, 0.29) is 24.8 Å². The van der Waals surface area contributed by atoms with E-state index in [2.05, 4.69) is 26.2 Å².